The molecule has 0 radical (unpaired) electrons. The zero-order valence-corrected chi connectivity index (χ0v) is 13.6. The Morgan fingerprint density at radius 1 is 1.25 bits per heavy atom. The normalized spacial score (nSPS) is 17.4. The lowest BCUT2D eigenvalue weighted by atomic mass is 10.0. The number of rotatable bonds is 3. The van der Waals surface area contributed by atoms with Gasteiger partial charge in [0.05, 0.1) is 13.2 Å². The summed E-state index contributed by atoms with van der Waals surface area (Å²) in [6.45, 7) is 0. The summed E-state index contributed by atoms with van der Waals surface area (Å²) in [5.41, 5.74) is 2.48. The Bertz CT molecular complexity index is 617. The maximum absolute atomic E-state index is 5.32. The van der Waals surface area contributed by atoms with E-state index in [0.29, 0.717) is 6.04 Å². The first-order valence-electron chi connectivity index (χ1n) is 6.59. The molecule has 2 aromatic carbocycles. The van der Waals surface area contributed by atoms with Crippen LogP contribution in [-0.4, -0.2) is 12.9 Å². The Hall–Kier alpha value is -1.13. The van der Waals surface area contributed by atoms with Gasteiger partial charge in [0.2, 0.25) is 0 Å². The van der Waals surface area contributed by atoms with Crippen molar-refractivity contribution < 1.29 is 4.74 Å². The van der Waals surface area contributed by atoms with Crippen molar-refractivity contribution in [1.29, 1.82) is 0 Å². The van der Waals surface area contributed by atoms with Crippen LogP contribution in [0.2, 0.25) is 0 Å². The predicted molar refractivity (Wildman–Crippen MR) is 88.8 cm³/mol. The average Bonchev–Trinajstić information content (AvgIpc) is 2.47. The Labute approximate surface area is 132 Å². The van der Waals surface area contributed by atoms with E-state index in [1.807, 2.05) is 23.9 Å². The van der Waals surface area contributed by atoms with Crippen molar-refractivity contribution in [2.24, 2.45) is 0 Å². The molecule has 20 heavy (non-hydrogen) atoms. The molecule has 0 saturated heterocycles. The highest BCUT2D eigenvalue weighted by Gasteiger charge is 2.20. The van der Waals surface area contributed by atoms with E-state index in [9.17, 15) is 0 Å². The summed E-state index contributed by atoms with van der Waals surface area (Å²) in [4.78, 5) is 1.39. The molecule has 2 nitrogen and oxygen atoms in total. The van der Waals surface area contributed by atoms with Crippen LogP contribution in [0.5, 0.6) is 5.75 Å². The van der Waals surface area contributed by atoms with Crippen molar-refractivity contribution in [1.82, 2.24) is 0 Å². The number of benzene rings is 2. The van der Waals surface area contributed by atoms with Gasteiger partial charge >= 0.3 is 0 Å². The maximum atomic E-state index is 5.32. The number of fused-ring (bicyclic) bond motifs is 1. The minimum absolute atomic E-state index is 0.367. The number of thioether (sulfide) groups is 1. The first kappa shape index (κ1) is 13.8. The van der Waals surface area contributed by atoms with Crippen molar-refractivity contribution >= 4 is 33.4 Å². The molecule has 2 aromatic rings. The van der Waals surface area contributed by atoms with Crippen molar-refractivity contribution in [2.75, 3.05) is 18.2 Å². The fraction of sp³-hybridized carbons (Fsp3) is 0.250. The largest absolute Gasteiger partial charge is 0.497 e. The van der Waals surface area contributed by atoms with E-state index in [-0.39, 0.29) is 0 Å². The zero-order chi connectivity index (χ0) is 13.9. The third kappa shape index (κ3) is 2.96. The second kappa shape index (κ2) is 6.10. The molecule has 0 amide bonds. The summed E-state index contributed by atoms with van der Waals surface area (Å²) >= 11 is 5.47. The van der Waals surface area contributed by atoms with E-state index >= 15 is 0 Å². The van der Waals surface area contributed by atoms with Gasteiger partial charge < -0.3 is 10.1 Å². The molecule has 0 fully saturated rings. The van der Waals surface area contributed by atoms with Crippen LogP contribution in [0.1, 0.15) is 18.0 Å². The Kier molecular flexibility index (Phi) is 4.22. The third-order valence-electron chi connectivity index (χ3n) is 3.41. The molecule has 0 aromatic heterocycles. The van der Waals surface area contributed by atoms with E-state index in [2.05, 4.69) is 51.6 Å². The summed E-state index contributed by atoms with van der Waals surface area (Å²) < 4.78 is 6.35. The fourth-order valence-corrected chi connectivity index (χ4v) is 4.05. The minimum Gasteiger partial charge on any atom is -0.497 e. The monoisotopic (exact) mass is 349 g/mol. The first-order valence-corrected chi connectivity index (χ1v) is 8.37. The SMILES string of the molecule is COc1cc(Br)cc(NC2CCSc3ccccc32)c1. The summed E-state index contributed by atoms with van der Waals surface area (Å²) in [7, 11) is 1.69. The molecule has 1 atom stereocenters. The lowest BCUT2D eigenvalue weighted by molar-refractivity contribution is 0.414. The maximum Gasteiger partial charge on any atom is 0.122 e. The minimum atomic E-state index is 0.367. The van der Waals surface area contributed by atoms with Crippen molar-refractivity contribution in [3.8, 4) is 5.75 Å². The molecule has 4 heteroatoms. The molecule has 1 unspecified atom stereocenters. The van der Waals surface area contributed by atoms with Gasteiger partial charge in [-0.2, -0.15) is 0 Å². The quantitative estimate of drug-likeness (QED) is 0.832. The van der Waals surface area contributed by atoms with Crippen LogP contribution in [0.15, 0.2) is 51.8 Å². The second-order valence-corrected chi connectivity index (χ2v) is 6.80. The van der Waals surface area contributed by atoms with Crippen LogP contribution in [-0.2, 0) is 0 Å². The van der Waals surface area contributed by atoms with Gasteiger partial charge in [0, 0.05) is 26.9 Å². The number of ether oxygens (including phenoxy) is 1. The standard InChI is InChI=1S/C16H16BrNOS/c1-19-13-9-11(17)8-12(10-13)18-15-6-7-20-16-5-3-2-4-14(15)16/h2-5,8-10,15,18H,6-7H2,1H3. The van der Waals surface area contributed by atoms with Gasteiger partial charge in [-0.05, 0) is 30.2 Å². The van der Waals surface area contributed by atoms with E-state index in [4.69, 9.17) is 4.74 Å². The van der Waals surface area contributed by atoms with Gasteiger partial charge in [0.1, 0.15) is 5.75 Å². The molecule has 0 aliphatic carbocycles. The van der Waals surface area contributed by atoms with Gasteiger partial charge in [0.25, 0.3) is 0 Å². The Balaban J connectivity index is 1.87. The highest BCUT2D eigenvalue weighted by Crippen LogP contribution is 2.38. The molecule has 104 valence electrons. The number of hydrogen-bond donors (Lipinski definition) is 1. The van der Waals surface area contributed by atoms with E-state index in [1.54, 1.807) is 7.11 Å². The number of methoxy groups -OCH3 is 1. The van der Waals surface area contributed by atoms with E-state index < -0.39 is 0 Å². The highest BCUT2D eigenvalue weighted by atomic mass is 79.9. The summed E-state index contributed by atoms with van der Waals surface area (Å²) in [5, 5.41) is 3.63. The smallest absolute Gasteiger partial charge is 0.122 e. The fourth-order valence-electron chi connectivity index (χ4n) is 2.46. The van der Waals surface area contributed by atoms with Gasteiger partial charge in [-0.1, -0.05) is 34.1 Å². The Morgan fingerprint density at radius 3 is 2.95 bits per heavy atom. The Morgan fingerprint density at radius 2 is 2.10 bits per heavy atom. The molecular formula is C16H16BrNOS. The van der Waals surface area contributed by atoms with Gasteiger partial charge in [-0.15, -0.1) is 11.8 Å². The number of nitrogens with one attached hydrogen (secondary N) is 1. The summed E-state index contributed by atoms with van der Waals surface area (Å²) in [5.74, 6) is 2.01. The van der Waals surface area contributed by atoms with Crippen LogP contribution < -0.4 is 10.1 Å². The van der Waals surface area contributed by atoms with Gasteiger partial charge in [-0.3, -0.25) is 0 Å². The molecule has 0 saturated carbocycles. The lowest BCUT2D eigenvalue weighted by Gasteiger charge is -2.27. The molecule has 0 bridgehead atoms. The lowest BCUT2D eigenvalue weighted by Crippen LogP contribution is -2.16. The molecule has 1 N–H and O–H groups in total. The van der Waals surface area contributed by atoms with Crippen molar-refractivity contribution in [3.05, 3.63) is 52.5 Å². The number of anilines is 1. The van der Waals surface area contributed by atoms with Crippen LogP contribution in [0.3, 0.4) is 0 Å². The predicted octanol–water partition coefficient (Wildman–Crippen LogP) is 5.11. The first-order chi connectivity index (χ1) is 9.76. The zero-order valence-electron chi connectivity index (χ0n) is 11.2. The second-order valence-electron chi connectivity index (χ2n) is 4.75. The van der Waals surface area contributed by atoms with Crippen LogP contribution in [0.4, 0.5) is 5.69 Å². The molecule has 1 aliphatic rings. The third-order valence-corrected chi connectivity index (χ3v) is 4.99. The molecule has 1 aliphatic heterocycles. The summed E-state index contributed by atoms with van der Waals surface area (Å²) in [6, 6.07) is 15.1. The van der Waals surface area contributed by atoms with Gasteiger partial charge in [-0.25, -0.2) is 0 Å². The van der Waals surface area contributed by atoms with Crippen LogP contribution in [0.25, 0.3) is 0 Å². The molecule has 0 spiro atoms. The number of halogens is 1. The molecular weight excluding hydrogens is 334 g/mol. The topological polar surface area (TPSA) is 21.3 Å². The average molecular weight is 350 g/mol. The van der Waals surface area contributed by atoms with E-state index in [1.165, 1.54) is 10.5 Å². The molecule has 3 rings (SSSR count). The summed E-state index contributed by atoms with van der Waals surface area (Å²) in [6.07, 6.45) is 1.14. The van der Waals surface area contributed by atoms with Crippen LogP contribution in [0, 0.1) is 0 Å². The van der Waals surface area contributed by atoms with E-state index in [0.717, 1.165) is 28.1 Å². The molecule has 1 heterocycles. The van der Waals surface area contributed by atoms with Gasteiger partial charge in [0.15, 0.2) is 0 Å². The number of hydrogen-bond acceptors (Lipinski definition) is 3. The highest BCUT2D eigenvalue weighted by molar-refractivity contribution is 9.10. The van der Waals surface area contributed by atoms with Crippen molar-refractivity contribution in [3.63, 3.8) is 0 Å². The van der Waals surface area contributed by atoms with Crippen LogP contribution >= 0.6 is 27.7 Å². The van der Waals surface area contributed by atoms with Crippen molar-refractivity contribution in [2.45, 2.75) is 17.4 Å².